The average Bonchev–Trinajstić information content (AvgIpc) is 3.56. The van der Waals surface area contributed by atoms with E-state index in [2.05, 4.69) is 21.2 Å². The van der Waals surface area contributed by atoms with Crippen molar-refractivity contribution < 1.29 is 18.0 Å². The second kappa shape index (κ2) is 10.9. The lowest BCUT2D eigenvalue weighted by atomic mass is 10.00. The Hall–Kier alpha value is -4.13. The summed E-state index contributed by atoms with van der Waals surface area (Å²) >= 11 is 0. The van der Waals surface area contributed by atoms with Gasteiger partial charge in [0.1, 0.15) is 11.6 Å². The summed E-state index contributed by atoms with van der Waals surface area (Å²) in [5.74, 6) is 1.91. The Balaban J connectivity index is 1.54. The number of aryl methyl sites for hydroxylation is 2. The number of rotatable bonds is 7. The van der Waals surface area contributed by atoms with E-state index in [9.17, 15) is 13.5 Å². The van der Waals surface area contributed by atoms with Crippen LogP contribution in [-0.2, 0) is 16.6 Å². The van der Waals surface area contributed by atoms with E-state index in [1.54, 1.807) is 24.7 Å². The number of sulfonamides is 1. The Labute approximate surface area is 250 Å². The molecule has 0 radical (unpaired) electrons. The molecule has 1 saturated heterocycles. The summed E-state index contributed by atoms with van der Waals surface area (Å²) in [6, 6.07) is 15.7. The molecule has 4 heterocycles. The van der Waals surface area contributed by atoms with Gasteiger partial charge < -0.3 is 14.5 Å². The third-order valence-corrected chi connectivity index (χ3v) is 8.98. The molecule has 1 fully saturated rings. The van der Waals surface area contributed by atoms with Gasteiger partial charge in [0.2, 0.25) is 10.0 Å². The van der Waals surface area contributed by atoms with Crippen molar-refractivity contribution in [2.75, 3.05) is 30.8 Å². The predicted molar refractivity (Wildman–Crippen MR) is 165 cm³/mol. The summed E-state index contributed by atoms with van der Waals surface area (Å²) in [5, 5.41) is 19.7. The largest absolute Gasteiger partial charge is 0.389 e. The number of benzene rings is 2. The van der Waals surface area contributed by atoms with Gasteiger partial charge >= 0.3 is 0 Å². The van der Waals surface area contributed by atoms with Gasteiger partial charge in [-0.2, -0.15) is 9.40 Å². The molecule has 3 aromatic heterocycles. The zero-order valence-corrected chi connectivity index (χ0v) is 25.7. The fourth-order valence-electron chi connectivity index (χ4n) is 5.75. The first kappa shape index (κ1) is 29.0. The van der Waals surface area contributed by atoms with Crippen molar-refractivity contribution in [2.45, 2.75) is 45.9 Å². The van der Waals surface area contributed by atoms with Gasteiger partial charge in [-0.05, 0) is 51.0 Å². The van der Waals surface area contributed by atoms with Gasteiger partial charge in [-0.1, -0.05) is 41.6 Å². The normalized spacial score (nSPS) is 16.7. The van der Waals surface area contributed by atoms with E-state index in [0.717, 1.165) is 39.0 Å². The van der Waals surface area contributed by atoms with Gasteiger partial charge in [-0.15, -0.1) is 0 Å². The molecular weight excluding hydrogens is 566 g/mol. The first-order valence-corrected chi connectivity index (χ1v) is 16.0. The summed E-state index contributed by atoms with van der Waals surface area (Å²) < 4.78 is 33.9. The molecular formula is C31H35N7O4S. The molecule has 11 nitrogen and oxygen atoms in total. The second-order valence-electron chi connectivity index (χ2n) is 11.8. The lowest BCUT2D eigenvalue weighted by Crippen LogP contribution is -2.50. The van der Waals surface area contributed by atoms with Crippen LogP contribution in [0.4, 0.5) is 5.82 Å². The minimum atomic E-state index is -3.40. The second-order valence-corrected chi connectivity index (χ2v) is 13.8. The molecule has 1 aliphatic rings. The lowest BCUT2D eigenvalue weighted by molar-refractivity contribution is 0.0577. The van der Waals surface area contributed by atoms with Crippen LogP contribution in [0.3, 0.4) is 0 Å². The minimum Gasteiger partial charge on any atom is -0.389 e. The SMILES string of the molecule is Cc1noc(C)c1-c1ccc2nc(-c3cnn(CC(C)(C)O)c3)nc(N3CCN(S(C)(=O)=O)C[C@@H]3c3ccccc3)c2c1. The highest BCUT2D eigenvalue weighted by molar-refractivity contribution is 7.88. The number of fused-ring (bicyclic) bond motifs is 1. The molecule has 5 aromatic rings. The van der Waals surface area contributed by atoms with Gasteiger partial charge in [0.05, 0.1) is 47.4 Å². The summed E-state index contributed by atoms with van der Waals surface area (Å²) in [6.45, 7) is 8.64. The topological polar surface area (TPSA) is 130 Å². The Morgan fingerprint density at radius 1 is 1.05 bits per heavy atom. The van der Waals surface area contributed by atoms with Crippen LogP contribution in [0.5, 0.6) is 0 Å². The highest BCUT2D eigenvalue weighted by atomic mass is 32.2. The van der Waals surface area contributed by atoms with E-state index in [1.165, 1.54) is 10.6 Å². The first-order valence-electron chi connectivity index (χ1n) is 14.1. The first-order chi connectivity index (χ1) is 20.4. The lowest BCUT2D eigenvalue weighted by Gasteiger charge is -2.41. The number of aliphatic hydroxyl groups is 1. The van der Waals surface area contributed by atoms with E-state index in [-0.39, 0.29) is 12.6 Å². The number of piperazine rings is 1. The maximum atomic E-state index is 12.6. The van der Waals surface area contributed by atoms with Gasteiger partial charge in [0, 0.05) is 36.8 Å². The smallest absolute Gasteiger partial charge is 0.211 e. The Morgan fingerprint density at radius 3 is 2.49 bits per heavy atom. The number of anilines is 1. The molecule has 224 valence electrons. The van der Waals surface area contributed by atoms with E-state index in [4.69, 9.17) is 14.5 Å². The van der Waals surface area contributed by atoms with Crippen LogP contribution in [0.15, 0.2) is 65.4 Å². The van der Waals surface area contributed by atoms with Crippen LogP contribution in [0.2, 0.25) is 0 Å². The van der Waals surface area contributed by atoms with E-state index < -0.39 is 15.6 Å². The number of hydrogen-bond acceptors (Lipinski definition) is 9. The van der Waals surface area contributed by atoms with Crippen molar-refractivity contribution in [1.82, 2.24) is 29.2 Å². The predicted octanol–water partition coefficient (Wildman–Crippen LogP) is 4.36. The fourth-order valence-corrected chi connectivity index (χ4v) is 6.57. The van der Waals surface area contributed by atoms with Gasteiger partial charge in [-0.3, -0.25) is 4.68 Å². The quantitative estimate of drug-likeness (QED) is 0.289. The molecule has 1 aliphatic heterocycles. The third kappa shape index (κ3) is 5.90. The van der Waals surface area contributed by atoms with E-state index >= 15 is 0 Å². The highest BCUT2D eigenvalue weighted by Gasteiger charge is 2.34. The van der Waals surface area contributed by atoms with Crippen LogP contribution in [0.25, 0.3) is 33.4 Å². The van der Waals surface area contributed by atoms with Crippen molar-refractivity contribution in [2.24, 2.45) is 0 Å². The molecule has 6 rings (SSSR count). The summed E-state index contributed by atoms with van der Waals surface area (Å²) in [7, 11) is -3.40. The minimum absolute atomic E-state index is 0.281. The van der Waals surface area contributed by atoms with Gasteiger partial charge in [0.15, 0.2) is 5.82 Å². The summed E-state index contributed by atoms with van der Waals surface area (Å²) in [4.78, 5) is 12.2. The molecule has 0 unspecified atom stereocenters. The Kier molecular flexibility index (Phi) is 7.31. The Bertz CT molecular complexity index is 1880. The molecule has 0 saturated carbocycles. The summed E-state index contributed by atoms with van der Waals surface area (Å²) in [6.07, 6.45) is 4.78. The van der Waals surface area contributed by atoms with Gasteiger partial charge in [0.25, 0.3) is 0 Å². The molecule has 1 N–H and O–H groups in total. The molecule has 0 aliphatic carbocycles. The molecule has 0 bridgehead atoms. The summed E-state index contributed by atoms with van der Waals surface area (Å²) in [5.41, 5.74) is 4.16. The zero-order valence-electron chi connectivity index (χ0n) is 24.9. The van der Waals surface area contributed by atoms with Crippen molar-refractivity contribution >= 4 is 26.7 Å². The molecule has 0 spiro atoms. The molecule has 0 amide bonds. The highest BCUT2D eigenvalue weighted by Crippen LogP contribution is 2.38. The van der Waals surface area contributed by atoms with Crippen LogP contribution < -0.4 is 4.90 Å². The molecule has 1 atom stereocenters. The van der Waals surface area contributed by atoms with Crippen LogP contribution in [0.1, 0.15) is 36.9 Å². The monoisotopic (exact) mass is 601 g/mol. The van der Waals surface area contributed by atoms with Crippen LogP contribution in [-0.4, -0.2) is 74.2 Å². The third-order valence-electron chi connectivity index (χ3n) is 7.71. The van der Waals surface area contributed by atoms with Crippen molar-refractivity contribution in [3.8, 4) is 22.5 Å². The maximum absolute atomic E-state index is 12.6. The van der Waals surface area contributed by atoms with Gasteiger partial charge in [-0.25, -0.2) is 18.4 Å². The maximum Gasteiger partial charge on any atom is 0.211 e. The van der Waals surface area contributed by atoms with Crippen molar-refractivity contribution in [1.29, 1.82) is 0 Å². The zero-order chi connectivity index (χ0) is 30.5. The van der Waals surface area contributed by atoms with Crippen molar-refractivity contribution in [3.63, 3.8) is 0 Å². The fraction of sp³-hybridized carbons (Fsp3) is 0.355. The Morgan fingerprint density at radius 2 is 1.81 bits per heavy atom. The molecule has 12 heteroatoms. The van der Waals surface area contributed by atoms with E-state index in [0.29, 0.717) is 36.8 Å². The standard InChI is InChI=1S/C31H35N7O4S/c1-20-28(21(2)42-35-20)23-11-12-26-25(15-23)30(34-29(33-26)24-16-32-36(17-24)19-31(3,4)39)38-14-13-37(43(5,40)41)18-27(38)22-9-7-6-8-10-22/h6-12,15-17,27,39H,13-14,18-19H2,1-5H3/t27-/m1/s1. The number of aromatic nitrogens is 5. The van der Waals surface area contributed by atoms with E-state index in [1.807, 2.05) is 62.5 Å². The van der Waals surface area contributed by atoms with Crippen molar-refractivity contribution in [3.05, 3.63) is 77.9 Å². The number of hydrogen-bond donors (Lipinski definition) is 1. The van der Waals surface area contributed by atoms with Crippen LogP contribution in [0, 0.1) is 13.8 Å². The average molecular weight is 602 g/mol. The van der Waals surface area contributed by atoms with Crippen LogP contribution >= 0.6 is 0 Å². The molecule has 43 heavy (non-hydrogen) atoms. The number of nitrogens with zero attached hydrogens (tertiary/aromatic N) is 7. The molecule has 2 aromatic carbocycles.